The van der Waals surface area contributed by atoms with Crippen molar-refractivity contribution in [3.8, 4) is 11.8 Å². The predicted molar refractivity (Wildman–Crippen MR) is 105 cm³/mol. The number of allylic oxidation sites excluding steroid dienone is 1. The van der Waals surface area contributed by atoms with Crippen molar-refractivity contribution in [1.29, 1.82) is 5.26 Å². The van der Waals surface area contributed by atoms with Gasteiger partial charge in [-0.2, -0.15) is 5.26 Å². The number of nitrogens with zero attached hydrogens (tertiary/aromatic N) is 3. The number of rotatable bonds is 4. The van der Waals surface area contributed by atoms with Gasteiger partial charge < -0.3 is 19.9 Å². The standard InChI is InChI=1S/C20H21ClN4O2/c1-12-10-16-18(20(26)25(12)9-8-24(2)3)17(15(11-22)19(23)27-16)13-4-6-14(21)7-5-13/h4-7,10,17H,8-9,23H2,1-3H3/t17-/m0/s1. The van der Waals surface area contributed by atoms with Crippen molar-refractivity contribution in [2.75, 3.05) is 20.6 Å². The number of likely N-dealkylation sites (N-methyl/N-ethyl adjacent to an activating group) is 1. The Morgan fingerprint density at radius 1 is 1.33 bits per heavy atom. The fourth-order valence-corrected chi connectivity index (χ4v) is 3.38. The molecular formula is C20H21ClN4O2. The van der Waals surface area contributed by atoms with E-state index in [9.17, 15) is 10.1 Å². The second kappa shape index (κ2) is 7.47. The van der Waals surface area contributed by atoms with Crippen LogP contribution in [0.5, 0.6) is 5.75 Å². The highest BCUT2D eigenvalue weighted by molar-refractivity contribution is 6.30. The number of fused-ring (bicyclic) bond motifs is 1. The summed E-state index contributed by atoms with van der Waals surface area (Å²) in [5.74, 6) is -0.167. The second-order valence-corrected chi connectivity index (χ2v) is 7.24. The Bertz CT molecular complexity index is 1000. The lowest BCUT2D eigenvalue weighted by Gasteiger charge is -2.27. The molecule has 6 nitrogen and oxygen atoms in total. The van der Waals surface area contributed by atoms with Crippen molar-refractivity contribution in [2.45, 2.75) is 19.4 Å². The first kappa shape index (κ1) is 19.0. The van der Waals surface area contributed by atoms with Gasteiger partial charge in [0.15, 0.2) is 0 Å². The maximum absolute atomic E-state index is 13.3. The van der Waals surface area contributed by atoms with Gasteiger partial charge in [0.25, 0.3) is 5.56 Å². The first-order valence-electron chi connectivity index (χ1n) is 8.55. The summed E-state index contributed by atoms with van der Waals surface area (Å²) in [5.41, 5.74) is 8.02. The molecule has 0 radical (unpaired) electrons. The molecule has 0 saturated heterocycles. The van der Waals surface area contributed by atoms with Crippen LogP contribution in [-0.2, 0) is 6.54 Å². The zero-order valence-corrected chi connectivity index (χ0v) is 16.2. The topological polar surface area (TPSA) is 84.3 Å². The molecular weight excluding hydrogens is 364 g/mol. The van der Waals surface area contributed by atoms with E-state index in [1.807, 2.05) is 25.9 Å². The van der Waals surface area contributed by atoms with Crippen LogP contribution in [0.1, 0.15) is 22.7 Å². The van der Waals surface area contributed by atoms with Gasteiger partial charge in [0, 0.05) is 29.9 Å². The van der Waals surface area contributed by atoms with E-state index in [2.05, 4.69) is 6.07 Å². The summed E-state index contributed by atoms with van der Waals surface area (Å²) in [5, 5.41) is 10.2. The Hall–Kier alpha value is -2.75. The van der Waals surface area contributed by atoms with Crippen molar-refractivity contribution in [3.05, 3.63) is 74.0 Å². The van der Waals surface area contributed by atoms with Crippen LogP contribution in [0, 0.1) is 18.3 Å². The number of aromatic nitrogens is 1. The fraction of sp³-hybridized carbons (Fsp3) is 0.300. The van der Waals surface area contributed by atoms with Crippen molar-refractivity contribution in [1.82, 2.24) is 9.47 Å². The first-order valence-corrected chi connectivity index (χ1v) is 8.93. The molecule has 1 aromatic carbocycles. The Balaban J connectivity index is 2.22. The quantitative estimate of drug-likeness (QED) is 0.875. The number of halogens is 1. The number of pyridine rings is 1. The van der Waals surface area contributed by atoms with Gasteiger partial charge in [-0.1, -0.05) is 23.7 Å². The van der Waals surface area contributed by atoms with Gasteiger partial charge in [0.2, 0.25) is 5.88 Å². The van der Waals surface area contributed by atoms with E-state index in [1.165, 1.54) is 0 Å². The van der Waals surface area contributed by atoms with Crippen LogP contribution >= 0.6 is 11.6 Å². The normalized spacial score (nSPS) is 16.1. The van der Waals surface area contributed by atoms with Gasteiger partial charge in [-0.15, -0.1) is 0 Å². The fourth-order valence-electron chi connectivity index (χ4n) is 3.25. The lowest BCUT2D eigenvalue weighted by molar-refractivity contribution is 0.369. The molecule has 1 aliphatic heterocycles. The largest absolute Gasteiger partial charge is 0.440 e. The van der Waals surface area contributed by atoms with E-state index >= 15 is 0 Å². The van der Waals surface area contributed by atoms with E-state index < -0.39 is 5.92 Å². The van der Waals surface area contributed by atoms with Crippen molar-refractivity contribution < 1.29 is 4.74 Å². The molecule has 0 bridgehead atoms. The molecule has 0 amide bonds. The number of benzene rings is 1. The molecule has 0 aliphatic carbocycles. The molecule has 2 aromatic rings. The van der Waals surface area contributed by atoms with Gasteiger partial charge in [-0.3, -0.25) is 4.79 Å². The lowest BCUT2D eigenvalue weighted by Crippen LogP contribution is -2.34. The van der Waals surface area contributed by atoms with Crippen LogP contribution in [0.4, 0.5) is 0 Å². The number of aryl methyl sites for hydroxylation is 1. The Labute approximate surface area is 163 Å². The van der Waals surface area contributed by atoms with Gasteiger partial charge in [0.1, 0.15) is 17.4 Å². The van der Waals surface area contributed by atoms with E-state index in [0.29, 0.717) is 22.9 Å². The number of hydrogen-bond acceptors (Lipinski definition) is 5. The molecule has 0 unspecified atom stereocenters. The van der Waals surface area contributed by atoms with Crippen molar-refractivity contribution in [2.24, 2.45) is 5.73 Å². The molecule has 140 valence electrons. The highest BCUT2D eigenvalue weighted by Gasteiger charge is 2.34. The molecule has 0 saturated carbocycles. The molecule has 3 rings (SSSR count). The van der Waals surface area contributed by atoms with Crippen molar-refractivity contribution >= 4 is 11.6 Å². The molecule has 2 heterocycles. The minimum Gasteiger partial charge on any atom is -0.440 e. The summed E-state index contributed by atoms with van der Waals surface area (Å²) in [7, 11) is 3.91. The molecule has 27 heavy (non-hydrogen) atoms. The van der Waals surface area contributed by atoms with Crippen LogP contribution in [0.25, 0.3) is 0 Å². The molecule has 1 aliphatic rings. The zero-order chi connectivity index (χ0) is 19.7. The lowest BCUT2D eigenvalue weighted by atomic mass is 9.84. The average molecular weight is 385 g/mol. The summed E-state index contributed by atoms with van der Waals surface area (Å²) >= 11 is 6.00. The highest BCUT2D eigenvalue weighted by atomic mass is 35.5. The molecule has 1 atom stereocenters. The molecule has 7 heteroatoms. The minimum atomic E-state index is -0.588. The van der Waals surface area contributed by atoms with E-state index in [0.717, 1.165) is 17.8 Å². The maximum atomic E-state index is 13.3. The predicted octanol–water partition coefficient (Wildman–Crippen LogP) is 2.59. The minimum absolute atomic E-state index is 0.0230. The zero-order valence-electron chi connectivity index (χ0n) is 15.5. The van der Waals surface area contributed by atoms with E-state index in [4.69, 9.17) is 22.1 Å². The van der Waals surface area contributed by atoms with Crippen molar-refractivity contribution in [3.63, 3.8) is 0 Å². The third-order valence-electron chi connectivity index (χ3n) is 4.66. The second-order valence-electron chi connectivity index (χ2n) is 6.80. The molecule has 0 spiro atoms. The molecule has 1 aromatic heterocycles. The Kier molecular flexibility index (Phi) is 5.26. The number of hydrogen-bond donors (Lipinski definition) is 1. The summed E-state index contributed by atoms with van der Waals surface area (Å²) in [4.78, 5) is 15.3. The summed E-state index contributed by atoms with van der Waals surface area (Å²) < 4.78 is 7.35. The summed E-state index contributed by atoms with van der Waals surface area (Å²) in [6.45, 7) is 3.12. The number of nitrogens with two attached hydrogens (primary N) is 1. The van der Waals surface area contributed by atoms with E-state index in [-0.39, 0.29) is 17.0 Å². The third kappa shape index (κ3) is 3.57. The van der Waals surface area contributed by atoms with Crippen LogP contribution in [0.3, 0.4) is 0 Å². The van der Waals surface area contributed by atoms with Gasteiger partial charge in [-0.25, -0.2) is 0 Å². The Morgan fingerprint density at radius 2 is 2.00 bits per heavy atom. The third-order valence-corrected chi connectivity index (χ3v) is 4.92. The SMILES string of the molecule is Cc1cc2c(c(=O)n1CCN(C)C)[C@@H](c1ccc(Cl)cc1)C(C#N)=C(N)O2. The number of nitriles is 1. The first-order chi connectivity index (χ1) is 12.8. The maximum Gasteiger partial charge on any atom is 0.258 e. The molecule has 0 fully saturated rings. The van der Waals surface area contributed by atoms with Crippen LogP contribution in [0.15, 0.2) is 46.6 Å². The Morgan fingerprint density at radius 3 is 2.59 bits per heavy atom. The summed E-state index contributed by atoms with van der Waals surface area (Å²) in [6, 6.07) is 11.0. The molecule has 2 N–H and O–H groups in total. The van der Waals surface area contributed by atoms with Gasteiger partial charge >= 0.3 is 0 Å². The average Bonchev–Trinajstić information content (AvgIpc) is 2.61. The van der Waals surface area contributed by atoms with Crippen LogP contribution < -0.4 is 16.0 Å². The monoisotopic (exact) mass is 384 g/mol. The summed E-state index contributed by atoms with van der Waals surface area (Å²) in [6.07, 6.45) is 0. The van der Waals surface area contributed by atoms with E-state index in [1.54, 1.807) is 34.9 Å². The number of ether oxygens (including phenoxy) is 1. The van der Waals surface area contributed by atoms with Crippen LogP contribution in [0.2, 0.25) is 5.02 Å². The smallest absolute Gasteiger partial charge is 0.258 e. The van der Waals surface area contributed by atoms with Gasteiger partial charge in [-0.05, 0) is 38.7 Å². The van der Waals surface area contributed by atoms with Gasteiger partial charge in [0.05, 0.1) is 11.5 Å². The highest BCUT2D eigenvalue weighted by Crippen LogP contribution is 2.40. The van der Waals surface area contributed by atoms with Crippen LogP contribution in [-0.4, -0.2) is 30.1 Å².